The van der Waals surface area contributed by atoms with Crippen molar-refractivity contribution < 1.29 is 9.47 Å². The SMILES string of the molecule is CCCCCCCCCCCCCOCCCCCCCCCCCCC.CCOCC.N.N.N.N. The summed E-state index contributed by atoms with van der Waals surface area (Å²) in [5.74, 6) is 0. The van der Waals surface area contributed by atoms with E-state index in [0.29, 0.717) is 0 Å². The summed E-state index contributed by atoms with van der Waals surface area (Å²) in [4.78, 5) is 0. The van der Waals surface area contributed by atoms with Crippen LogP contribution in [0.15, 0.2) is 0 Å². The lowest BCUT2D eigenvalue weighted by atomic mass is 10.1. The molecule has 0 aliphatic rings. The summed E-state index contributed by atoms with van der Waals surface area (Å²) in [6.07, 6.45) is 31.1. The molecule has 0 bridgehead atoms. The number of ether oxygens (including phenoxy) is 2. The first-order chi connectivity index (χ1) is 15.8. The van der Waals surface area contributed by atoms with Gasteiger partial charge in [-0.1, -0.05) is 142 Å². The lowest BCUT2D eigenvalue weighted by Gasteiger charge is -2.05. The lowest BCUT2D eigenvalue weighted by Crippen LogP contribution is -1.97. The second-order valence-corrected chi connectivity index (χ2v) is 9.46. The molecule has 0 heterocycles. The van der Waals surface area contributed by atoms with E-state index in [4.69, 9.17) is 9.47 Å². The van der Waals surface area contributed by atoms with Gasteiger partial charge in [0.25, 0.3) is 0 Å². The zero-order chi connectivity index (χ0) is 23.8. The summed E-state index contributed by atoms with van der Waals surface area (Å²) in [7, 11) is 0. The standard InChI is InChI=1S/C26H54O.C4H10O.4H3N/c1-3-5-7-9-11-13-15-17-19-21-23-25-27-26-24-22-20-18-16-14-12-10-8-6-4-2;1-3-5-4-2;;;;/h3-26H2,1-2H3;3-4H2,1-2H3;4*1H3. The van der Waals surface area contributed by atoms with Gasteiger partial charge in [0.05, 0.1) is 0 Å². The fourth-order valence-corrected chi connectivity index (χ4v) is 4.04. The van der Waals surface area contributed by atoms with Crippen LogP contribution in [0, 0.1) is 0 Å². The van der Waals surface area contributed by atoms with Gasteiger partial charge in [0, 0.05) is 26.4 Å². The Morgan fingerprint density at radius 2 is 0.500 bits per heavy atom. The highest BCUT2D eigenvalue weighted by molar-refractivity contribution is 4.49. The van der Waals surface area contributed by atoms with Crippen molar-refractivity contribution in [2.75, 3.05) is 26.4 Å². The maximum Gasteiger partial charge on any atom is 0.0466 e. The van der Waals surface area contributed by atoms with Gasteiger partial charge in [-0.2, -0.15) is 0 Å². The van der Waals surface area contributed by atoms with Crippen LogP contribution in [0.3, 0.4) is 0 Å². The van der Waals surface area contributed by atoms with Crippen LogP contribution in [-0.4, -0.2) is 26.4 Å². The van der Waals surface area contributed by atoms with Crippen molar-refractivity contribution in [2.45, 2.75) is 169 Å². The Labute approximate surface area is 229 Å². The van der Waals surface area contributed by atoms with Gasteiger partial charge in [0.1, 0.15) is 0 Å². The normalized spacial score (nSPS) is 9.67. The smallest absolute Gasteiger partial charge is 0.0466 e. The molecule has 6 heteroatoms. The van der Waals surface area contributed by atoms with Crippen molar-refractivity contribution in [3.63, 3.8) is 0 Å². The molecular formula is C30H76N4O2. The summed E-state index contributed by atoms with van der Waals surface area (Å²) < 4.78 is 10.6. The van der Waals surface area contributed by atoms with E-state index < -0.39 is 0 Å². The van der Waals surface area contributed by atoms with Gasteiger partial charge < -0.3 is 34.1 Å². The zero-order valence-electron chi connectivity index (χ0n) is 26.0. The van der Waals surface area contributed by atoms with E-state index >= 15 is 0 Å². The van der Waals surface area contributed by atoms with Crippen LogP contribution in [0.1, 0.15) is 169 Å². The maximum absolute atomic E-state index is 5.80. The quantitative estimate of drug-likeness (QED) is 0.0823. The van der Waals surface area contributed by atoms with Gasteiger partial charge in [-0.25, -0.2) is 0 Å². The fourth-order valence-electron chi connectivity index (χ4n) is 4.04. The largest absolute Gasteiger partial charge is 0.382 e. The van der Waals surface area contributed by atoms with E-state index in [9.17, 15) is 0 Å². The molecule has 0 spiro atoms. The molecule has 0 atom stereocenters. The second kappa shape index (κ2) is 51.4. The van der Waals surface area contributed by atoms with Crippen molar-refractivity contribution in [1.29, 1.82) is 0 Å². The molecular weight excluding hydrogens is 448 g/mol. The molecule has 0 aliphatic heterocycles. The Hall–Kier alpha value is -0.240. The Balaban J connectivity index is -0.000000226. The molecule has 0 saturated heterocycles. The fraction of sp³-hybridized carbons (Fsp3) is 1.00. The number of hydrogen-bond acceptors (Lipinski definition) is 6. The minimum Gasteiger partial charge on any atom is -0.382 e. The Bertz CT molecular complexity index is 272. The summed E-state index contributed by atoms with van der Waals surface area (Å²) in [5.41, 5.74) is 0. The number of rotatable bonds is 26. The van der Waals surface area contributed by atoms with Gasteiger partial charge >= 0.3 is 0 Å². The summed E-state index contributed by atoms with van der Waals surface area (Å²) in [5, 5.41) is 0. The van der Waals surface area contributed by atoms with Gasteiger partial charge in [0.15, 0.2) is 0 Å². The predicted octanol–water partition coefficient (Wildman–Crippen LogP) is 11.3. The first-order valence-corrected chi connectivity index (χ1v) is 15.0. The van der Waals surface area contributed by atoms with E-state index in [1.54, 1.807) is 0 Å². The van der Waals surface area contributed by atoms with Crippen LogP contribution in [-0.2, 0) is 9.47 Å². The van der Waals surface area contributed by atoms with E-state index in [1.807, 2.05) is 13.8 Å². The molecule has 36 heavy (non-hydrogen) atoms. The lowest BCUT2D eigenvalue weighted by molar-refractivity contribution is 0.125. The highest BCUT2D eigenvalue weighted by Crippen LogP contribution is 2.12. The molecule has 0 unspecified atom stereocenters. The van der Waals surface area contributed by atoms with Crippen LogP contribution in [0.4, 0.5) is 0 Å². The van der Waals surface area contributed by atoms with E-state index in [2.05, 4.69) is 13.8 Å². The third-order valence-electron chi connectivity index (χ3n) is 6.19. The van der Waals surface area contributed by atoms with E-state index in [-0.39, 0.29) is 24.6 Å². The molecule has 6 nitrogen and oxygen atoms in total. The van der Waals surface area contributed by atoms with Crippen molar-refractivity contribution in [3.8, 4) is 0 Å². The predicted molar refractivity (Wildman–Crippen MR) is 166 cm³/mol. The minimum absolute atomic E-state index is 0. The maximum atomic E-state index is 5.80. The van der Waals surface area contributed by atoms with Crippen LogP contribution in [0.25, 0.3) is 0 Å². The molecule has 0 aromatic rings. The number of unbranched alkanes of at least 4 members (excludes halogenated alkanes) is 20. The Kier molecular flexibility index (Phi) is 69.7. The first-order valence-electron chi connectivity index (χ1n) is 15.0. The molecule has 0 aromatic carbocycles. The molecule has 0 saturated carbocycles. The highest BCUT2D eigenvalue weighted by atomic mass is 16.5. The molecule has 0 aliphatic carbocycles. The van der Waals surface area contributed by atoms with Crippen LogP contribution >= 0.6 is 0 Å². The van der Waals surface area contributed by atoms with Crippen LogP contribution in [0.2, 0.25) is 0 Å². The van der Waals surface area contributed by atoms with E-state index in [0.717, 1.165) is 26.4 Å². The third-order valence-corrected chi connectivity index (χ3v) is 6.19. The Morgan fingerprint density at radius 3 is 0.694 bits per heavy atom. The van der Waals surface area contributed by atoms with Crippen molar-refractivity contribution >= 4 is 0 Å². The van der Waals surface area contributed by atoms with Crippen LogP contribution in [0.5, 0.6) is 0 Å². The van der Waals surface area contributed by atoms with Crippen molar-refractivity contribution in [2.24, 2.45) is 0 Å². The molecule has 228 valence electrons. The van der Waals surface area contributed by atoms with Crippen molar-refractivity contribution in [3.05, 3.63) is 0 Å². The minimum atomic E-state index is 0. The van der Waals surface area contributed by atoms with Gasteiger partial charge in [-0.15, -0.1) is 0 Å². The zero-order valence-corrected chi connectivity index (χ0v) is 26.0. The molecule has 0 radical (unpaired) electrons. The van der Waals surface area contributed by atoms with Crippen molar-refractivity contribution in [1.82, 2.24) is 24.6 Å². The monoisotopic (exact) mass is 525 g/mol. The third kappa shape index (κ3) is 54.6. The first kappa shape index (κ1) is 48.8. The van der Waals surface area contributed by atoms with Crippen LogP contribution < -0.4 is 24.6 Å². The molecule has 12 N–H and O–H groups in total. The summed E-state index contributed by atoms with van der Waals surface area (Å²) in [6, 6.07) is 0. The molecule has 0 aromatic heterocycles. The second-order valence-electron chi connectivity index (χ2n) is 9.46. The average molecular weight is 525 g/mol. The molecule has 0 rings (SSSR count). The molecule has 0 fully saturated rings. The van der Waals surface area contributed by atoms with E-state index in [1.165, 1.54) is 141 Å². The Morgan fingerprint density at radius 1 is 0.278 bits per heavy atom. The number of hydrogen-bond donors (Lipinski definition) is 4. The topological polar surface area (TPSA) is 158 Å². The highest BCUT2D eigenvalue weighted by Gasteiger charge is 1.95. The van der Waals surface area contributed by atoms with Gasteiger partial charge in [-0.05, 0) is 26.7 Å². The molecule has 0 amide bonds. The summed E-state index contributed by atoms with van der Waals surface area (Å²) in [6.45, 7) is 12.2. The van der Waals surface area contributed by atoms with Gasteiger partial charge in [-0.3, -0.25) is 0 Å². The van der Waals surface area contributed by atoms with Gasteiger partial charge in [0.2, 0.25) is 0 Å². The average Bonchev–Trinajstić information content (AvgIpc) is 2.80. The summed E-state index contributed by atoms with van der Waals surface area (Å²) >= 11 is 0.